The van der Waals surface area contributed by atoms with Crippen molar-refractivity contribution in [2.45, 2.75) is 19.8 Å². The predicted molar refractivity (Wildman–Crippen MR) is 74.8 cm³/mol. The Morgan fingerprint density at radius 1 is 1.05 bits per heavy atom. The lowest BCUT2D eigenvalue weighted by Crippen LogP contribution is -2.05. The maximum Gasteiger partial charge on any atom is 0.146 e. The molecular weight excluding hydrogens is 256 g/mol. The number of rotatable bonds is 8. The fourth-order valence-electron chi connectivity index (χ4n) is 1.87. The van der Waals surface area contributed by atoms with Crippen LogP contribution in [-0.4, -0.2) is 23.5 Å². The number of nitrogens with zero attached hydrogens (tertiary/aromatic N) is 2. The number of aryl methyl sites for hydroxylation is 1. The van der Waals surface area contributed by atoms with E-state index >= 15 is 0 Å². The van der Waals surface area contributed by atoms with E-state index in [4.69, 9.17) is 14.2 Å². The first-order chi connectivity index (χ1) is 9.81. The van der Waals surface area contributed by atoms with Crippen LogP contribution in [0.15, 0.2) is 36.7 Å². The van der Waals surface area contributed by atoms with Crippen LogP contribution in [0, 0.1) is 0 Å². The second-order valence-electron chi connectivity index (χ2n) is 4.48. The standard InChI is InChI=1S/C15H20N2O3/c1-17-11-16-14(9-20-12-18-2)15(17)10-19-8-13-6-4-3-5-7-13/h3-7,11H,8-10,12H2,1-2H3. The fraction of sp³-hybridized carbons (Fsp3) is 0.400. The van der Waals surface area contributed by atoms with E-state index in [0.717, 1.165) is 17.0 Å². The molecule has 0 unspecified atom stereocenters. The Labute approximate surface area is 119 Å². The van der Waals surface area contributed by atoms with Gasteiger partial charge in [0.1, 0.15) is 6.79 Å². The number of benzene rings is 1. The Kier molecular flexibility index (Phi) is 5.73. The maximum absolute atomic E-state index is 5.74. The zero-order chi connectivity index (χ0) is 14.2. The molecule has 0 N–H and O–H groups in total. The molecule has 2 aromatic rings. The van der Waals surface area contributed by atoms with Gasteiger partial charge in [-0.1, -0.05) is 30.3 Å². The number of imidazole rings is 1. The van der Waals surface area contributed by atoms with Crippen molar-refractivity contribution in [3.05, 3.63) is 53.6 Å². The van der Waals surface area contributed by atoms with E-state index in [1.165, 1.54) is 0 Å². The molecular formula is C15H20N2O3. The smallest absolute Gasteiger partial charge is 0.146 e. The summed E-state index contributed by atoms with van der Waals surface area (Å²) in [5.74, 6) is 0. The summed E-state index contributed by atoms with van der Waals surface area (Å²) in [5, 5.41) is 0. The number of methoxy groups -OCH3 is 1. The lowest BCUT2D eigenvalue weighted by Gasteiger charge is -2.08. The monoisotopic (exact) mass is 276 g/mol. The first-order valence-corrected chi connectivity index (χ1v) is 6.48. The highest BCUT2D eigenvalue weighted by molar-refractivity contribution is 5.14. The van der Waals surface area contributed by atoms with Crippen LogP contribution in [-0.2, 0) is 41.1 Å². The van der Waals surface area contributed by atoms with Crippen molar-refractivity contribution >= 4 is 0 Å². The summed E-state index contributed by atoms with van der Waals surface area (Å²) in [5.41, 5.74) is 3.07. The van der Waals surface area contributed by atoms with E-state index in [1.54, 1.807) is 13.4 Å². The second kappa shape index (κ2) is 7.79. The van der Waals surface area contributed by atoms with Gasteiger partial charge in [-0.15, -0.1) is 0 Å². The summed E-state index contributed by atoms with van der Waals surface area (Å²) in [4.78, 5) is 4.32. The van der Waals surface area contributed by atoms with E-state index in [0.29, 0.717) is 19.8 Å². The van der Waals surface area contributed by atoms with Gasteiger partial charge >= 0.3 is 0 Å². The third-order valence-electron chi connectivity index (χ3n) is 2.94. The first kappa shape index (κ1) is 14.7. The van der Waals surface area contributed by atoms with Crippen LogP contribution in [0.5, 0.6) is 0 Å². The van der Waals surface area contributed by atoms with Gasteiger partial charge in [-0.3, -0.25) is 0 Å². The van der Waals surface area contributed by atoms with Crippen LogP contribution in [0.25, 0.3) is 0 Å². The molecule has 1 heterocycles. The maximum atomic E-state index is 5.74. The van der Waals surface area contributed by atoms with Gasteiger partial charge in [0.15, 0.2) is 0 Å². The Morgan fingerprint density at radius 2 is 1.85 bits per heavy atom. The molecule has 0 spiro atoms. The number of ether oxygens (including phenoxy) is 3. The van der Waals surface area contributed by atoms with Crippen molar-refractivity contribution in [1.29, 1.82) is 0 Å². The number of aromatic nitrogens is 2. The third-order valence-corrected chi connectivity index (χ3v) is 2.94. The fourth-order valence-corrected chi connectivity index (χ4v) is 1.87. The normalized spacial score (nSPS) is 10.9. The van der Waals surface area contributed by atoms with Crippen molar-refractivity contribution in [3.8, 4) is 0 Å². The predicted octanol–water partition coefficient (Wildman–Crippen LogP) is 2.26. The molecule has 0 saturated heterocycles. The van der Waals surface area contributed by atoms with Crippen molar-refractivity contribution in [3.63, 3.8) is 0 Å². The number of hydrogen-bond donors (Lipinski definition) is 0. The quantitative estimate of drug-likeness (QED) is 0.548. The van der Waals surface area contributed by atoms with Gasteiger partial charge in [0.05, 0.1) is 37.5 Å². The zero-order valence-electron chi connectivity index (χ0n) is 11.9. The highest BCUT2D eigenvalue weighted by Gasteiger charge is 2.09. The van der Waals surface area contributed by atoms with Crippen LogP contribution < -0.4 is 0 Å². The van der Waals surface area contributed by atoms with E-state index in [2.05, 4.69) is 4.98 Å². The molecule has 5 heteroatoms. The molecule has 0 aliphatic rings. The summed E-state index contributed by atoms with van der Waals surface area (Å²) >= 11 is 0. The van der Waals surface area contributed by atoms with Crippen molar-refractivity contribution in [1.82, 2.24) is 9.55 Å². The van der Waals surface area contributed by atoms with Gasteiger partial charge in [-0.2, -0.15) is 0 Å². The molecule has 0 amide bonds. The highest BCUT2D eigenvalue weighted by Crippen LogP contribution is 2.11. The molecule has 5 nitrogen and oxygen atoms in total. The lowest BCUT2D eigenvalue weighted by molar-refractivity contribution is -0.0407. The molecule has 0 saturated carbocycles. The van der Waals surface area contributed by atoms with Gasteiger partial charge in [0.2, 0.25) is 0 Å². The van der Waals surface area contributed by atoms with Gasteiger partial charge in [0, 0.05) is 14.2 Å². The lowest BCUT2D eigenvalue weighted by atomic mass is 10.2. The molecule has 2 rings (SSSR count). The molecule has 108 valence electrons. The second-order valence-corrected chi connectivity index (χ2v) is 4.48. The van der Waals surface area contributed by atoms with E-state index in [1.807, 2.05) is 41.9 Å². The molecule has 0 aliphatic carbocycles. The summed E-state index contributed by atoms with van der Waals surface area (Å²) in [7, 11) is 3.55. The van der Waals surface area contributed by atoms with Gasteiger partial charge in [-0.05, 0) is 5.56 Å². The van der Waals surface area contributed by atoms with Gasteiger partial charge in [0.25, 0.3) is 0 Å². The zero-order valence-corrected chi connectivity index (χ0v) is 11.9. The first-order valence-electron chi connectivity index (χ1n) is 6.48. The molecule has 20 heavy (non-hydrogen) atoms. The van der Waals surface area contributed by atoms with E-state index < -0.39 is 0 Å². The Hall–Kier alpha value is -1.69. The minimum atomic E-state index is 0.265. The Balaban J connectivity index is 1.87. The molecule has 1 aromatic carbocycles. The van der Waals surface area contributed by atoms with Crippen LogP contribution in [0.4, 0.5) is 0 Å². The minimum absolute atomic E-state index is 0.265. The summed E-state index contributed by atoms with van der Waals surface area (Å²) in [6, 6.07) is 10.1. The number of hydrogen-bond acceptors (Lipinski definition) is 4. The highest BCUT2D eigenvalue weighted by atomic mass is 16.7. The third kappa shape index (κ3) is 4.16. The molecule has 0 radical (unpaired) electrons. The van der Waals surface area contributed by atoms with Crippen molar-refractivity contribution < 1.29 is 14.2 Å². The van der Waals surface area contributed by atoms with Crippen LogP contribution >= 0.6 is 0 Å². The van der Waals surface area contributed by atoms with Crippen molar-refractivity contribution in [2.75, 3.05) is 13.9 Å². The topological polar surface area (TPSA) is 45.5 Å². The summed E-state index contributed by atoms with van der Waals surface area (Å²) in [6.45, 7) is 1.79. The Bertz CT molecular complexity index is 511. The molecule has 0 aliphatic heterocycles. The SMILES string of the molecule is COCOCc1ncn(C)c1COCc1ccccc1. The molecule has 1 aromatic heterocycles. The average Bonchev–Trinajstić information content (AvgIpc) is 2.82. The van der Waals surface area contributed by atoms with Gasteiger partial charge in [-0.25, -0.2) is 4.98 Å². The Morgan fingerprint density at radius 3 is 2.60 bits per heavy atom. The average molecular weight is 276 g/mol. The summed E-state index contributed by atoms with van der Waals surface area (Å²) in [6.07, 6.45) is 1.77. The van der Waals surface area contributed by atoms with Crippen LogP contribution in [0.3, 0.4) is 0 Å². The molecule has 0 atom stereocenters. The minimum Gasteiger partial charge on any atom is -0.370 e. The van der Waals surface area contributed by atoms with Crippen molar-refractivity contribution in [2.24, 2.45) is 7.05 Å². The molecule has 0 fully saturated rings. The largest absolute Gasteiger partial charge is 0.370 e. The van der Waals surface area contributed by atoms with Gasteiger partial charge < -0.3 is 18.8 Å². The van der Waals surface area contributed by atoms with E-state index in [-0.39, 0.29) is 6.79 Å². The summed E-state index contributed by atoms with van der Waals surface area (Å²) < 4.78 is 17.9. The molecule has 0 bridgehead atoms. The van der Waals surface area contributed by atoms with E-state index in [9.17, 15) is 0 Å². The van der Waals surface area contributed by atoms with Crippen LogP contribution in [0.1, 0.15) is 17.0 Å². The van der Waals surface area contributed by atoms with Crippen LogP contribution in [0.2, 0.25) is 0 Å².